The molecule has 0 saturated heterocycles. The summed E-state index contributed by atoms with van der Waals surface area (Å²) in [6.07, 6.45) is 2.66. The number of nitrogens with one attached hydrogen (secondary N) is 1. The first-order chi connectivity index (χ1) is 9.20. The maximum absolute atomic E-state index is 5.64. The first-order valence-electron chi connectivity index (χ1n) is 6.64. The lowest BCUT2D eigenvalue weighted by Gasteiger charge is -2.08. The summed E-state index contributed by atoms with van der Waals surface area (Å²) in [4.78, 5) is 8.24. The molecule has 0 bridgehead atoms. The molecule has 0 unspecified atom stereocenters. The van der Waals surface area contributed by atoms with Crippen molar-refractivity contribution in [1.29, 1.82) is 0 Å². The molecule has 1 fully saturated rings. The summed E-state index contributed by atoms with van der Waals surface area (Å²) in [5.41, 5.74) is 9.25. The molecule has 3 N–H and O–H groups in total. The van der Waals surface area contributed by atoms with Crippen LogP contribution in [0.15, 0.2) is 30.3 Å². The minimum atomic E-state index is 0.314. The summed E-state index contributed by atoms with van der Waals surface area (Å²) in [5.74, 6) is 1.88. The molecule has 2 aromatic rings. The maximum atomic E-state index is 5.64. The zero-order chi connectivity index (χ0) is 13.2. The highest BCUT2D eigenvalue weighted by molar-refractivity contribution is 5.41. The number of hydrogen-bond acceptors (Lipinski definition) is 4. The van der Waals surface area contributed by atoms with Crippen molar-refractivity contribution >= 4 is 11.8 Å². The van der Waals surface area contributed by atoms with Gasteiger partial charge < -0.3 is 11.1 Å². The van der Waals surface area contributed by atoms with Gasteiger partial charge in [-0.15, -0.1) is 0 Å². The van der Waals surface area contributed by atoms with E-state index in [0.717, 1.165) is 24.0 Å². The van der Waals surface area contributed by atoms with E-state index < -0.39 is 0 Å². The number of aromatic nitrogens is 2. The lowest BCUT2D eigenvalue weighted by Crippen LogP contribution is -2.05. The molecule has 4 heteroatoms. The van der Waals surface area contributed by atoms with E-state index in [0.29, 0.717) is 5.95 Å². The van der Waals surface area contributed by atoms with E-state index in [9.17, 15) is 0 Å². The Hall–Kier alpha value is -2.10. The number of nitrogens with two attached hydrogens (primary N) is 1. The van der Waals surface area contributed by atoms with Gasteiger partial charge in [0.05, 0.1) is 0 Å². The average molecular weight is 254 g/mol. The second kappa shape index (κ2) is 4.88. The van der Waals surface area contributed by atoms with Crippen LogP contribution in [0.5, 0.6) is 0 Å². The molecular weight excluding hydrogens is 236 g/mol. The number of hydrogen-bond donors (Lipinski definition) is 2. The molecule has 1 heterocycles. The van der Waals surface area contributed by atoms with E-state index in [2.05, 4.69) is 39.6 Å². The van der Waals surface area contributed by atoms with Crippen molar-refractivity contribution in [2.24, 2.45) is 0 Å². The van der Waals surface area contributed by atoms with Crippen LogP contribution in [0, 0.1) is 6.92 Å². The first kappa shape index (κ1) is 12.0. The third kappa shape index (κ3) is 3.02. The molecule has 1 aliphatic rings. The Morgan fingerprint density at radius 2 is 2.11 bits per heavy atom. The number of nitrogen functional groups attached to an aromatic ring is 1. The van der Waals surface area contributed by atoms with Gasteiger partial charge in [-0.05, 0) is 36.8 Å². The molecule has 3 rings (SSSR count). The summed E-state index contributed by atoms with van der Waals surface area (Å²) < 4.78 is 0. The quantitative estimate of drug-likeness (QED) is 0.880. The maximum Gasteiger partial charge on any atom is 0.222 e. The Labute approximate surface area is 113 Å². The van der Waals surface area contributed by atoms with Gasteiger partial charge in [0.1, 0.15) is 5.82 Å². The number of nitrogens with zero attached hydrogens (tertiary/aromatic N) is 2. The van der Waals surface area contributed by atoms with Gasteiger partial charge in [-0.3, -0.25) is 0 Å². The van der Waals surface area contributed by atoms with Crippen LogP contribution in [0.3, 0.4) is 0 Å². The third-order valence-electron chi connectivity index (χ3n) is 3.34. The fraction of sp³-hybridized carbons (Fsp3) is 0.333. The van der Waals surface area contributed by atoms with E-state index in [1.54, 1.807) is 0 Å². The van der Waals surface area contributed by atoms with Crippen LogP contribution in [0.2, 0.25) is 0 Å². The lowest BCUT2D eigenvalue weighted by atomic mass is 10.1. The molecule has 4 nitrogen and oxygen atoms in total. The van der Waals surface area contributed by atoms with Gasteiger partial charge >= 0.3 is 0 Å². The Morgan fingerprint density at radius 1 is 1.26 bits per heavy atom. The fourth-order valence-electron chi connectivity index (χ4n) is 2.25. The minimum absolute atomic E-state index is 0.314. The van der Waals surface area contributed by atoms with Gasteiger partial charge in [0.2, 0.25) is 5.95 Å². The fourth-order valence-corrected chi connectivity index (χ4v) is 2.25. The van der Waals surface area contributed by atoms with Crippen molar-refractivity contribution in [2.75, 3.05) is 11.1 Å². The minimum Gasteiger partial charge on any atom is -0.368 e. The highest BCUT2D eigenvalue weighted by atomic mass is 15.1. The molecule has 0 spiro atoms. The first-order valence-corrected chi connectivity index (χ1v) is 6.64. The number of rotatable bonds is 4. The van der Waals surface area contributed by atoms with Crippen LogP contribution in [0.25, 0.3) is 0 Å². The number of aryl methyl sites for hydroxylation is 1. The van der Waals surface area contributed by atoms with Crippen LogP contribution in [0.1, 0.15) is 35.6 Å². The SMILES string of the molecule is Cc1cc(NCc2cccc(C3CC3)c2)nc(N)n1. The zero-order valence-electron chi connectivity index (χ0n) is 11.1. The van der Waals surface area contributed by atoms with Crippen LogP contribution >= 0.6 is 0 Å². The van der Waals surface area contributed by atoms with Gasteiger partial charge in [0.25, 0.3) is 0 Å². The monoisotopic (exact) mass is 254 g/mol. The molecule has 98 valence electrons. The van der Waals surface area contributed by atoms with Gasteiger partial charge in [0.15, 0.2) is 0 Å². The molecular formula is C15H18N4. The van der Waals surface area contributed by atoms with Crippen LogP contribution < -0.4 is 11.1 Å². The number of anilines is 2. The van der Waals surface area contributed by atoms with Crippen molar-refractivity contribution < 1.29 is 0 Å². The van der Waals surface area contributed by atoms with E-state index in [1.165, 1.54) is 24.0 Å². The third-order valence-corrected chi connectivity index (χ3v) is 3.34. The molecule has 0 atom stereocenters. The second-order valence-corrected chi connectivity index (χ2v) is 5.13. The van der Waals surface area contributed by atoms with Gasteiger partial charge in [-0.25, -0.2) is 4.98 Å². The van der Waals surface area contributed by atoms with Gasteiger partial charge in [-0.1, -0.05) is 24.3 Å². The Morgan fingerprint density at radius 3 is 2.84 bits per heavy atom. The van der Waals surface area contributed by atoms with E-state index in [1.807, 2.05) is 13.0 Å². The van der Waals surface area contributed by atoms with E-state index in [4.69, 9.17) is 5.73 Å². The second-order valence-electron chi connectivity index (χ2n) is 5.13. The normalized spacial score (nSPS) is 14.4. The van der Waals surface area contributed by atoms with Gasteiger partial charge in [0, 0.05) is 18.3 Å². The molecule has 0 amide bonds. The zero-order valence-corrected chi connectivity index (χ0v) is 11.1. The molecule has 0 aliphatic heterocycles. The predicted molar refractivity (Wildman–Crippen MR) is 76.9 cm³/mol. The molecule has 0 radical (unpaired) electrons. The topological polar surface area (TPSA) is 63.8 Å². The molecule has 1 aliphatic carbocycles. The Bertz CT molecular complexity index is 570. The largest absolute Gasteiger partial charge is 0.368 e. The summed E-state index contributed by atoms with van der Waals surface area (Å²) in [6, 6.07) is 10.7. The van der Waals surface area contributed by atoms with Crippen LogP contribution in [-0.2, 0) is 6.54 Å². The predicted octanol–water partition coefficient (Wildman–Crippen LogP) is 2.86. The number of benzene rings is 1. The highest BCUT2D eigenvalue weighted by Crippen LogP contribution is 2.40. The van der Waals surface area contributed by atoms with E-state index >= 15 is 0 Å². The van der Waals surface area contributed by atoms with Crippen molar-refractivity contribution in [3.05, 3.63) is 47.2 Å². The molecule has 1 saturated carbocycles. The van der Waals surface area contributed by atoms with Crippen molar-refractivity contribution in [1.82, 2.24) is 9.97 Å². The van der Waals surface area contributed by atoms with Crippen LogP contribution in [-0.4, -0.2) is 9.97 Å². The van der Waals surface area contributed by atoms with Gasteiger partial charge in [-0.2, -0.15) is 4.98 Å². The summed E-state index contributed by atoms with van der Waals surface area (Å²) in [5, 5.41) is 3.30. The molecule has 1 aromatic carbocycles. The highest BCUT2D eigenvalue weighted by Gasteiger charge is 2.23. The lowest BCUT2D eigenvalue weighted by molar-refractivity contribution is 1.05. The Kier molecular flexibility index (Phi) is 3.07. The molecule has 19 heavy (non-hydrogen) atoms. The van der Waals surface area contributed by atoms with Crippen molar-refractivity contribution in [3.63, 3.8) is 0 Å². The van der Waals surface area contributed by atoms with Crippen molar-refractivity contribution in [3.8, 4) is 0 Å². The average Bonchev–Trinajstić information content (AvgIpc) is 3.20. The Balaban J connectivity index is 1.69. The van der Waals surface area contributed by atoms with Crippen molar-refractivity contribution in [2.45, 2.75) is 32.2 Å². The standard InChI is InChI=1S/C15H18N4/c1-10-7-14(19-15(16)18-10)17-9-11-3-2-4-13(8-11)12-5-6-12/h2-4,7-8,12H,5-6,9H2,1H3,(H3,16,17,18,19). The smallest absolute Gasteiger partial charge is 0.222 e. The summed E-state index contributed by atoms with van der Waals surface area (Å²) >= 11 is 0. The summed E-state index contributed by atoms with van der Waals surface area (Å²) in [7, 11) is 0. The summed E-state index contributed by atoms with van der Waals surface area (Å²) in [6.45, 7) is 2.67. The van der Waals surface area contributed by atoms with Crippen LogP contribution in [0.4, 0.5) is 11.8 Å². The van der Waals surface area contributed by atoms with E-state index in [-0.39, 0.29) is 0 Å². The molecule has 1 aromatic heterocycles.